The molecule has 0 N–H and O–H groups in total. The Balaban J connectivity index is 3.43. The summed E-state index contributed by atoms with van der Waals surface area (Å²) in [4.78, 5) is 0. The van der Waals surface area contributed by atoms with Gasteiger partial charge in [0.05, 0.1) is 0 Å². The minimum absolute atomic E-state index is 0.619. The summed E-state index contributed by atoms with van der Waals surface area (Å²) in [5.41, 5.74) is 0. The van der Waals surface area contributed by atoms with Crippen molar-refractivity contribution < 1.29 is 0 Å². The molecule has 0 aromatic rings. The van der Waals surface area contributed by atoms with Gasteiger partial charge in [-0.25, -0.2) is 0 Å². The topological polar surface area (TPSA) is 0 Å². The van der Waals surface area contributed by atoms with Gasteiger partial charge < -0.3 is 0 Å². The molecule has 0 aromatic heterocycles. The van der Waals surface area contributed by atoms with Crippen LogP contribution < -0.4 is 0 Å². The molecule has 0 heterocycles. The highest BCUT2D eigenvalue weighted by Crippen LogP contribution is 2.20. The number of rotatable bonds is 5. The molecule has 0 nitrogen and oxygen atoms in total. The molecule has 0 aromatic carbocycles. The van der Waals surface area contributed by atoms with Gasteiger partial charge in [-0.1, -0.05) is 41.0 Å². The predicted molar refractivity (Wildman–Crippen MR) is 52.4 cm³/mol. The van der Waals surface area contributed by atoms with Crippen LogP contribution in [0.15, 0.2) is 0 Å². The van der Waals surface area contributed by atoms with Crippen molar-refractivity contribution in [3.63, 3.8) is 0 Å². The smallest absolute Gasteiger partial charge is 0.0438 e. The van der Waals surface area contributed by atoms with Gasteiger partial charge in [0.2, 0.25) is 0 Å². The Morgan fingerprint density at radius 1 is 1.00 bits per heavy atom. The van der Waals surface area contributed by atoms with E-state index in [1.807, 2.05) is 0 Å². The molecule has 1 radical (unpaired) electrons. The Morgan fingerprint density at radius 3 is 1.91 bits per heavy atom. The van der Waals surface area contributed by atoms with E-state index in [4.69, 9.17) is 0 Å². The van der Waals surface area contributed by atoms with E-state index in [2.05, 4.69) is 34.6 Å². The minimum Gasteiger partial charge on any atom is -0.0651 e. The highest BCUT2D eigenvalue weighted by Gasteiger charge is 2.08. The van der Waals surface area contributed by atoms with Gasteiger partial charge in [0, 0.05) is 0 Å². The summed E-state index contributed by atoms with van der Waals surface area (Å²) in [6.45, 7) is 13.2. The summed E-state index contributed by atoms with van der Waals surface area (Å²) in [5.74, 6) is 2.37. The van der Waals surface area contributed by atoms with Crippen LogP contribution in [-0.2, 0) is 0 Å². The standard InChI is InChI=1S/C11H23/c1-6-10(4)8-11(5)7-9(2)3/h9-11H,2,6-8H2,1,3-5H3. The van der Waals surface area contributed by atoms with E-state index in [1.54, 1.807) is 0 Å². The van der Waals surface area contributed by atoms with Gasteiger partial charge in [0.15, 0.2) is 0 Å². The lowest BCUT2D eigenvalue weighted by molar-refractivity contribution is 0.361. The molecule has 0 bridgehead atoms. The van der Waals surface area contributed by atoms with Crippen molar-refractivity contribution in [2.75, 3.05) is 0 Å². The lowest BCUT2D eigenvalue weighted by atomic mass is 9.89. The first-order chi connectivity index (χ1) is 5.06. The lowest BCUT2D eigenvalue weighted by Gasteiger charge is -2.17. The molecule has 0 spiro atoms. The third-order valence-electron chi connectivity index (χ3n) is 2.31. The molecule has 0 fully saturated rings. The van der Waals surface area contributed by atoms with Crippen LogP contribution in [0.1, 0.15) is 47.0 Å². The van der Waals surface area contributed by atoms with Gasteiger partial charge in [0.25, 0.3) is 0 Å². The highest BCUT2D eigenvalue weighted by atomic mass is 14.1. The Morgan fingerprint density at radius 2 is 1.55 bits per heavy atom. The van der Waals surface area contributed by atoms with Gasteiger partial charge in [-0.05, 0) is 30.6 Å². The van der Waals surface area contributed by atoms with Crippen molar-refractivity contribution >= 4 is 0 Å². The van der Waals surface area contributed by atoms with E-state index in [1.165, 1.54) is 19.3 Å². The van der Waals surface area contributed by atoms with Gasteiger partial charge >= 0.3 is 0 Å². The predicted octanol–water partition coefficient (Wildman–Crippen LogP) is 3.92. The van der Waals surface area contributed by atoms with Crippen molar-refractivity contribution in [2.24, 2.45) is 17.8 Å². The van der Waals surface area contributed by atoms with Crippen molar-refractivity contribution in [1.29, 1.82) is 0 Å². The molecule has 3 unspecified atom stereocenters. The highest BCUT2D eigenvalue weighted by molar-refractivity contribution is 4.63. The number of hydrogen-bond donors (Lipinski definition) is 0. The molecule has 0 rings (SSSR count). The Kier molecular flexibility index (Phi) is 5.62. The zero-order chi connectivity index (χ0) is 8.85. The summed E-state index contributed by atoms with van der Waals surface area (Å²) >= 11 is 0. The first-order valence-electron chi connectivity index (χ1n) is 4.89. The maximum absolute atomic E-state index is 4.01. The molecule has 3 atom stereocenters. The van der Waals surface area contributed by atoms with Crippen molar-refractivity contribution in [3.8, 4) is 0 Å². The van der Waals surface area contributed by atoms with Crippen LogP contribution in [0.5, 0.6) is 0 Å². The second-order valence-corrected chi connectivity index (χ2v) is 4.20. The van der Waals surface area contributed by atoms with Gasteiger partial charge in [-0.2, -0.15) is 0 Å². The van der Waals surface area contributed by atoms with E-state index in [0.29, 0.717) is 5.92 Å². The SMILES string of the molecule is [CH2]C(C)CC(C)CC(C)CC. The largest absolute Gasteiger partial charge is 0.0651 e. The van der Waals surface area contributed by atoms with E-state index in [9.17, 15) is 0 Å². The fraction of sp³-hybridized carbons (Fsp3) is 0.909. The van der Waals surface area contributed by atoms with Crippen LogP contribution in [0.25, 0.3) is 0 Å². The Bertz CT molecular complexity index is 84.0. The lowest BCUT2D eigenvalue weighted by Crippen LogP contribution is -2.05. The second kappa shape index (κ2) is 5.62. The molecular weight excluding hydrogens is 132 g/mol. The quantitative estimate of drug-likeness (QED) is 0.564. The zero-order valence-corrected chi connectivity index (χ0v) is 8.56. The summed E-state index contributed by atoms with van der Waals surface area (Å²) in [6, 6.07) is 0. The van der Waals surface area contributed by atoms with Crippen LogP contribution in [0.4, 0.5) is 0 Å². The Labute approximate surface area is 72.4 Å². The molecule has 0 aliphatic heterocycles. The molecule has 0 saturated heterocycles. The molecule has 0 aliphatic carbocycles. The second-order valence-electron chi connectivity index (χ2n) is 4.20. The maximum Gasteiger partial charge on any atom is -0.0438 e. The van der Waals surface area contributed by atoms with Crippen LogP contribution in [0.3, 0.4) is 0 Å². The zero-order valence-electron chi connectivity index (χ0n) is 8.56. The average molecular weight is 155 g/mol. The van der Waals surface area contributed by atoms with Crippen molar-refractivity contribution in [2.45, 2.75) is 47.0 Å². The minimum atomic E-state index is 0.619. The molecule has 67 valence electrons. The van der Waals surface area contributed by atoms with Crippen LogP contribution in [-0.4, -0.2) is 0 Å². The summed E-state index contributed by atoms with van der Waals surface area (Å²) in [7, 11) is 0. The molecule has 11 heavy (non-hydrogen) atoms. The van der Waals surface area contributed by atoms with E-state index in [0.717, 1.165) is 11.8 Å². The van der Waals surface area contributed by atoms with Crippen molar-refractivity contribution in [3.05, 3.63) is 6.92 Å². The maximum atomic E-state index is 4.01. The van der Waals surface area contributed by atoms with Gasteiger partial charge in [0.1, 0.15) is 0 Å². The van der Waals surface area contributed by atoms with Gasteiger partial charge in [-0.3, -0.25) is 0 Å². The Hall–Kier alpha value is 0. The molecule has 0 saturated carbocycles. The molecular formula is C11H23. The fourth-order valence-corrected chi connectivity index (χ4v) is 1.64. The summed E-state index contributed by atoms with van der Waals surface area (Å²) < 4.78 is 0. The van der Waals surface area contributed by atoms with Gasteiger partial charge in [-0.15, -0.1) is 0 Å². The number of hydrogen-bond acceptors (Lipinski definition) is 0. The van der Waals surface area contributed by atoms with E-state index in [-0.39, 0.29) is 0 Å². The van der Waals surface area contributed by atoms with Crippen molar-refractivity contribution in [1.82, 2.24) is 0 Å². The molecule has 0 amide bonds. The summed E-state index contributed by atoms with van der Waals surface area (Å²) in [6.07, 6.45) is 3.97. The average Bonchev–Trinajstić information content (AvgIpc) is 1.85. The molecule has 0 heteroatoms. The fourth-order valence-electron chi connectivity index (χ4n) is 1.64. The molecule has 0 aliphatic rings. The third kappa shape index (κ3) is 6.40. The van der Waals surface area contributed by atoms with Crippen LogP contribution in [0, 0.1) is 24.7 Å². The third-order valence-corrected chi connectivity index (χ3v) is 2.31. The van der Waals surface area contributed by atoms with Crippen LogP contribution >= 0.6 is 0 Å². The summed E-state index contributed by atoms with van der Waals surface area (Å²) in [5, 5.41) is 0. The van der Waals surface area contributed by atoms with E-state index >= 15 is 0 Å². The first kappa shape index (κ1) is 11.0. The first-order valence-corrected chi connectivity index (χ1v) is 4.89. The normalized spacial score (nSPS) is 16.9. The van der Waals surface area contributed by atoms with Crippen LogP contribution in [0.2, 0.25) is 0 Å². The van der Waals surface area contributed by atoms with E-state index < -0.39 is 0 Å². The monoisotopic (exact) mass is 155 g/mol.